The van der Waals surface area contributed by atoms with Gasteiger partial charge in [0.15, 0.2) is 0 Å². The third kappa shape index (κ3) is 5.17. The quantitative estimate of drug-likeness (QED) is 0.404. The van der Waals surface area contributed by atoms with Crippen LogP contribution in [0, 0.1) is 23.6 Å². The number of carbonyl (C=O) groups excluding carboxylic acids is 1. The van der Waals surface area contributed by atoms with E-state index in [1.807, 2.05) is 38.8 Å². The van der Waals surface area contributed by atoms with E-state index in [0.29, 0.717) is 67.5 Å². The van der Waals surface area contributed by atoms with E-state index in [1.54, 1.807) is 6.07 Å². The van der Waals surface area contributed by atoms with Crippen LogP contribution in [0.5, 0.6) is 0 Å². The minimum Gasteiger partial charge on any atom is -0.378 e. The first-order valence-corrected chi connectivity index (χ1v) is 14.3. The van der Waals surface area contributed by atoms with Crippen molar-refractivity contribution in [1.82, 2.24) is 4.90 Å². The third-order valence-corrected chi connectivity index (χ3v) is 8.97. The molecule has 0 N–H and O–H groups in total. The van der Waals surface area contributed by atoms with Gasteiger partial charge in [-0.15, -0.1) is 0 Å². The van der Waals surface area contributed by atoms with Gasteiger partial charge >= 0.3 is 0 Å². The molecule has 0 radical (unpaired) electrons. The molecule has 2 aliphatic heterocycles. The smallest absolute Gasteiger partial charge is 0.259 e. The zero-order chi connectivity index (χ0) is 25.4. The van der Waals surface area contributed by atoms with E-state index in [4.69, 9.17) is 4.74 Å². The van der Waals surface area contributed by atoms with E-state index >= 15 is 4.39 Å². The molecule has 1 aliphatic carbocycles. The highest BCUT2D eigenvalue weighted by atomic mass is 32.1. The minimum absolute atomic E-state index is 0.0439. The number of benzene rings is 2. The Morgan fingerprint density at radius 1 is 1.05 bits per heavy atom. The van der Waals surface area contributed by atoms with Crippen molar-refractivity contribution in [3.8, 4) is 0 Å². The first kappa shape index (κ1) is 24.6. The lowest BCUT2D eigenvalue weighted by atomic mass is 10.1. The summed E-state index contributed by atoms with van der Waals surface area (Å²) in [7, 11) is 0. The molecule has 7 heteroatoms. The standard InChI is InChI=1S/C30H34FN3O2S/c1-2-21-3-5-22(6-4-21)16-32-17-25-26(18-32)27(25)19-34(30(35)23-9-14-37-20-23)24-7-8-29(28(31)15-24)33-10-12-36-13-11-33/h3-9,14-15,20,25-27H,2,10-13,16-19H2,1H3. The van der Waals surface area contributed by atoms with Crippen LogP contribution in [-0.2, 0) is 17.7 Å². The Kier molecular flexibility index (Phi) is 7.02. The lowest BCUT2D eigenvalue weighted by Gasteiger charge is -2.30. The summed E-state index contributed by atoms with van der Waals surface area (Å²) in [5.74, 6) is 1.34. The fourth-order valence-corrected chi connectivity index (χ4v) is 6.69. The number of likely N-dealkylation sites (tertiary alicyclic amines) is 1. The van der Waals surface area contributed by atoms with Gasteiger partial charge in [0.2, 0.25) is 0 Å². The SMILES string of the molecule is CCc1ccc(CN2CC3C(C2)C3CN(C(=O)c2ccsc2)c2ccc(N3CCOCC3)c(F)c2)cc1. The van der Waals surface area contributed by atoms with E-state index in [2.05, 4.69) is 36.1 Å². The van der Waals surface area contributed by atoms with Gasteiger partial charge in [0.1, 0.15) is 5.82 Å². The van der Waals surface area contributed by atoms with Gasteiger partial charge in [-0.2, -0.15) is 11.3 Å². The minimum atomic E-state index is -0.279. The summed E-state index contributed by atoms with van der Waals surface area (Å²) in [4.78, 5) is 19.9. The number of carbonyl (C=O) groups is 1. The van der Waals surface area contributed by atoms with Crippen molar-refractivity contribution in [1.29, 1.82) is 0 Å². The maximum Gasteiger partial charge on any atom is 0.259 e. The number of hydrogen-bond acceptors (Lipinski definition) is 5. The van der Waals surface area contributed by atoms with E-state index < -0.39 is 0 Å². The van der Waals surface area contributed by atoms with Crippen molar-refractivity contribution in [2.24, 2.45) is 17.8 Å². The van der Waals surface area contributed by atoms with Crippen LogP contribution < -0.4 is 9.80 Å². The lowest BCUT2D eigenvalue weighted by molar-refractivity contribution is 0.0984. The van der Waals surface area contributed by atoms with Crippen molar-refractivity contribution in [3.05, 3.63) is 81.8 Å². The number of piperidine rings is 1. The molecule has 37 heavy (non-hydrogen) atoms. The lowest BCUT2D eigenvalue weighted by Crippen LogP contribution is -2.37. The molecule has 2 atom stereocenters. The second-order valence-electron chi connectivity index (χ2n) is 10.5. The Morgan fingerprint density at radius 3 is 2.43 bits per heavy atom. The third-order valence-electron chi connectivity index (χ3n) is 8.29. The number of hydrogen-bond donors (Lipinski definition) is 0. The van der Waals surface area contributed by atoms with Crippen LogP contribution in [0.1, 0.15) is 28.4 Å². The van der Waals surface area contributed by atoms with Crippen LogP contribution in [0.4, 0.5) is 15.8 Å². The maximum atomic E-state index is 15.3. The first-order chi connectivity index (χ1) is 18.1. The predicted molar refractivity (Wildman–Crippen MR) is 147 cm³/mol. The van der Waals surface area contributed by atoms with Crippen molar-refractivity contribution in [3.63, 3.8) is 0 Å². The molecule has 3 fully saturated rings. The monoisotopic (exact) mass is 519 g/mol. The van der Waals surface area contributed by atoms with Crippen LogP contribution in [-0.4, -0.2) is 56.7 Å². The Balaban J connectivity index is 1.14. The van der Waals surface area contributed by atoms with Gasteiger partial charge in [0.25, 0.3) is 5.91 Å². The summed E-state index contributed by atoms with van der Waals surface area (Å²) >= 11 is 1.51. The zero-order valence-electron chi connectivity index (χ0n) is 21.3. The van der Waals surface area contributed by atoms with E-state index in [0.717, 1.165) is 26.1 Å². The van der Waals surface area contributed by atoms with Gasteiger partial charge in [0.05, 0.1) is 24.5 Å². The molecule has 3 heterocycles. The van der Waals surface area contributed by atoms with Crippen molar-refractivity contribution in [2.75, 3.05) is 55.7 Å². The van der Waals surface area contributed by atoms with Crippen LogP contribution in [0.25, 0.3) is 0 Å². The summed E-state index contributed by atoms with van der Waals surface area (Å²) < 4.78 is 20.7. The summed E-state index contributed by atoms with van der Waals surface area (Å²) in [6.45, 7) is 8.50. The maximum absolute atomic E-state index is 15.3. The Labute approximate surface area is 222 Å². The average Bonchev–Trinajstić information content (AvgIpc) is 3.31. The highest BCUT2D eigenvalue weighted by molar-refractivity contribution is 7.08. The van der Waals surface area contributed by atoms with Gasteiger partial charge in [-0.3, -0.25) is 9.69 Å². The second kappa shape index (κ2) is 10.6. The molecule has 2 saturated heterocycles. The number of thiophene rings is 1. The molecule has 194 valence electrons. The number of fused-ring (bicyclic) bond motifs is 1. The Morgan fingerprint density at radius 2 is 1.78 bits per heavy atom. The number of halogens is 1. The second-order valence-corrected chi connectivity index (χ2v) is 11.3. The molecule has 0 spiro atoms. The molecule has 3 aromatic rings. The molecule has 0 bridgehead atoms. The Bertz CT molecular complexity index is 1210. The molecule has 1 amide bonds. The largest absolute Gasteiger partial charge is 0.378 e. The highest BCUT2D eigenvalue weighted by Crippen LogP contribution is 2.52. The molecule has 6 rings (SSSR count). The molecule has 1 aromatic heterocycles. The normalized spacial score (nSPS) is 23.2. The van der Waals surface area contributed by atoms with E-state index in [-0.39, 0.29) is 11.7 Å². The molecule has 2 aromatic carbocycles. The Hall–Kier alpha value is -2.74. The summed E-state index contributed by atoms with van der Waals surface area (Å²) in [6.07, 6.45) is 1.07. The van der Waals surface area contributed by atoms with Gasteiger partial charge in [-0.05, 0) is 64.9 Å². The number of nitrogens with zero attached hydrogens (tertiary/aromatic N) is 3. The topological polar surface area (TPSA) is 36.0 Å². The molecular weight excluding hydrogens is 485 g/mol. The number of morpholine rings is 1. The van der Waals surface area contributed by atoms with Gasteiger partial charge < -0.3 is 14.5 Å². The fourth-order valence-electron chi connectivity index (χ4n) is 6.06. The fraction of sp³-hybridized carbons (Fsp3) is 0.433. The van der Waals surface area contributed by atoms with Crippen molar-refractivity contribution >= 4 is 28.6 Å². The van der Waals surface area contributed by atoms with Crippen LogP contribution in [0.2, 0.25) is 0 Å². The number of anilines is 2. The number of ether oxygens (including phenoxy) is 1. The summed E-state index contributed by atoms with van der Waals surface area (Å²) in [5, 5.41) is 3.80. The van der Waals surface area contributed by atoms with Crippen molar-refractivity contribution < 1.29 is 13.9 Å². The zero-order valence-corrected chi connectivity index (χ0v) is 22.1. The van der Waals surface area contributed by atoms with E-state index in [9.17, 15) is 4.79 Å². The molecule has 1 saturated carbocycles. The highest BCUT2D eigenvalue weighted by Gasteiger charge is 2.56. The van der Waals surface area contributed by atoms with Crippen LogP contribution in [0.15, 0.2) is 59.3 Å². The molecule has 2 unspecified atom stereocenters. The van der Waals surface area contributed by atoms with E-state index in [1.165, 1.54) is 22.5 Å². The van der Waals surface area contributed by atoms with Gasteiger partial charge in [-0.25, -0.2) is 4.39 Å². The average molecular weight is 520 g/mol. The summed E-state index contributed by atoms with van der Waals surface area (Å²) in [5.41, 5.74) is 4.63. The molecule has 3 aliphatic rings. The summed E-state index contributed by atoms with van der Waals surface area (Å²) in [6, 6.07) is 16.1. The van der Waals surface area contributed by atoms with Crippen LogP contribution in [0.3, 0.4) is 0 Å². The number of rotatable bonds is 8. The molecular formula is C30H34FN3O2S. The first-order valence-electron chi connectivity index (χ1n) is 13.4. The number of amides is 1. The number of aryl methyl sites for hydroxylation is 1. The predicted octanol–water partition coefficient (Wildman–Crippen LogP) is 5.31. The van der Waals surface area contributed by atoms with Gasteiger partial charge in [-0.1, -0.05) is 31.2 Å². The van der Waals surface area contributed by atoms with Crippen molar-refractivity contribution in [2.45, 2.75) is 19.9 Å². The van der Waals surface area contributed by atoms with Crippen LogP contribution >= 0.6 is 11.3 Å². The van der Waals surface area contributed by atoms with Gasteiger partial charge in [0, 0.05) is 50.3 Å². The molecule has 5 nitrogen and oxygen atoms in total.